The van der Waals surface area contributed by atoms with Gasteiger partial charge in [0, 0.05) is 31.3 Å². The number of carbonyl (C=O) groups excluding carboxylic acids is 1. The molecule has 5 nitrogen and oxygen atoms in total. The SMILES string of the molecule is CCCC(CC(=O)N1CCC(c2cnc(C)c3[nH]c(C)nc23)CC1)c1ccccc1. The lowest BCUT2D eigenvalue weighted by Crippen LogP contribution is -2.38. The van der Waals surface area contributed by atoms with Crippen LogP contribution in [0.4, 0.5) is 0 Å². The Kier molecular flexibility index (Phi) is 6.16. The summed E-state index contributed by atoms with van der Waals surface area (Å²) in [7, 11) is 0. The summed E-state index contributed by atoms with van der Waals surface area (Å²) < 4.78 is 0. The van der Waals surface area contributed by atoms with Crippen molar-refractivity contribution in [2.45, 2.75) is 64.7 Å². The van der Waals surface area contributed by atoms with Crippen LogP contribution in [0.15, 0.2) is 36.5 Å². The Labute approximate surface area is 178 Å². The van der Waals surface area contributed by atoms with E-state index in [2.05, 4.69) is 46.1 Å². The summed E-state index contributed by atoms with van der Waals surface area (Å²) in [5.74, 6) is 1.94. The molecule has 3 aromatic rings. The third kappa shape index (κ3) is 4.25. The number of amides is 1. The molecular formula is C25H32N4O. The lowest BCUT2D eigenvalue weighted by Gasteiger charge is -2.33. The summed E-state index contributed by atoms with van der Waals surface area (Å²) in [6.45, 7) is 7.83. The maximum absolute atomic E-state index is 13.1. The number of aryl methyl sites for hydroxylation is 2. The minimum absolute atomic E-state index is 0.290. The third-order valence-corrected chi connectivity index (χ3v) is 6.47. The summed E-state index contributed by atoms with van der Waals surface area (Å²) in [5, 5.41) is 0. The second kappa shape index (κ2) is 8.99. The first-order chi connectivity index (χ1) is 14.6. The molecule has 0 radical (unpaired) electrons. The van der Waals surface area contributed by atoms with Crippen LogP contribution in [-0.4, -0.2) is 38.8 Å². The van der Waals surface area contributed by atoms with Crippen molar-refractivity contribution >= 4 is 16.9 Å². The first-order valence-corrected chi connectivity index (χ1v) is 11.2. The number of aromatic amines is 1. The fraction of sp³-hybridized carbons (Fsp3) is 0.480. The van der Waals surface area contributed by atoms with Gasteiger partial charge in [-0.25, -0.2) is 4.98 Å². The Hall–Kier alpha value is -2.69. The zero-order valence-electron chi connectivity index (χ0n) is 18.3. The highest BCUT2D eigenvalue weighted by Crippen LogP contribution is 2.33. The van der Waals surface area contributed by atoms with E-state index >= 15 is 0 Å². The second-order valence-electron chi connectivity index (χ2n) is 8.60. The summed E-state index contributed by atoms with van der Waals surface area (Å²) >= 11 is 0. The molecule has 3 heterocycles. The van der Waals surface area contributed by atoms with Gasteiger partial charge in [0.15, 0.2) is 0 Å². The number of nitrogens with zero attached hydrogens (tertiary/aromatic N) is 3. The van der Waals surface area contributed by atoms with Crippen molar-refractivity contribution in [3.63, 3.8) is 0 Å². The predicted molar refractivity (Wildman–Crippen MR) is 121 cm³/mol. The molecule has 1 unspecified atom stereocenters. The van der Waals surface area contributed by atoms with Gasteiger partial charge in [-0.1, -0.05) is 43.7 Å². The number of nitrogens with one attached hydrogen (secondary N) is 1. The first-order valence-electron chi connectivity index (χ1n) is 11.2. The van der Waals surface area contributed by atoms with Crippen LogP contribution < -0.4 is 0 Å². The average Bonchev–Trinajstić information content (AvgIpc) is 3.17. The number of hydrogen-bond acceptors (Lipinski definition) is 3. The predicted octanol–water partition coefficient (Wildman–Crippen LogP) is 5.25. The number of carbonyl (C=O) groups is 1. The van der Waals surface area contributed by atoms with E-state index < -0.39 is 0 Å². The van der Waals surface area contributed by atoms with Gasteiger partial charge in [-0.3, -0.25) is 9.78 Å². The van der Waals surface area contributed by atoms with Gasteiger partial charge in [0.1, 0.15) is 5.82 Å². The van der Waals surface area contributed by atoms with Crippen molar-refractivity contribution < 1.29 is 4.79 Å². The van der Waals surface area contributed by atoms with Crippen molar-refractivity contribution in [1.82, 2.24) is 19.9 Å². The van der Waals surface area contributed by atoms with E-state index in [0.29, 0.717) is 24.2 Å². The number of hydrogen-bond donors (Lipinski definition) is 1. The highest BCUT2D eigenvalue weighted by molar-refractivity contribution is 5.81. The number of rotatable bonds is 6. The van der Waals surface area contributed by atoms with Gasteiger partial charge in [-0.2, -0.15) is 0 Å². The van der Waals surface area contributed by atoms with E-state index in [-0.39, 0.29) is 0 Å². The molecule has 1 amide bonds. The monoisotopic (exact) mass is 404 g/mol. The number of aromatic nitrogens is 3. The Morgan fingerprint density at radius 2 is 1.93 bits per heavy atom. The van der Waals surface area contributed by atoms with Crippen molar-refractivity contribution in [2.24, 2.45) is 0 Å². The number of H-pyrrole nitrogens is 1. The Morgan fingerprint density at radius 1 is 1.20 bits per heavy atom. The molecule has 0 aliphatic carbocycles. The molecule has 5 heteroatoms. The Balaban J connectivity index is 1.42. The zero-order chi connectivity index (χ0) is 21.1. The van der Waals surface area contributed by atoms with Crippen LogP contribution in [-0.2, 0) is 4.79 Å². The van der Waals surface area contributed by atoms with Crippen molar-refractivity contribution in [3.8, 4) is 0 Å². The maximum atomic E-state index is 13.1. The molecule has 1 atom stereocenters. The van der Waals surface area contributed by atoms with Crippen molar-refractivity contribution in [2.75, 3.05) is 13.1 Å². The highest BCUT2D eigenvalue weighted by atomic mass is 16.2. The van der Waals surface area contributed by atoms with Gasteiger partial charge in [-0.15, -0.1) is 0 Å². The fourth-order valence-electron chi connectivity index (χ4n) is 4.79. The smallest absolute Gasteiger partial charge is 0.223 e. The summed E-state index contributed by atoms with van der Waals surface area (Å²) in [4.78, 5) is 27.8. The number of imidazole rings is 1. The maximum Gasteiger partial charge on any atom is 0.223 e. The Bertz CT molecular complexity index is 1000. The molecule has 0 bridgehead atoms. The van der Waals surface area contributed by atoms with E-state index in [1.807, 2.05) is 26.1 Å². The minimum Gasteiger partial charge on any atom is -0.343 e. The number of piperidine rings is 1. The topological polar surface area (TPSA) is 61.9 Å². The molecule has 30 heavy (non-hydrogen) atoms. The molecule has 0 spiro atoms. The molecule has 1 fully saturated rings. The summed E-state index contributed by atoms with van der Waals surface area (Å²) in [6, 6.07) is 10.5. The van der Waals surface area contributed by atoms with Gasteiger partial charge in [0.2, 0.25) is 5.91 Å². The standard InChI is InChI=1S/C25H32N4O/c1-4-8-21(19-9-6-5-7-10-19)15-23(30)29-13-11-20(12-14-29)22-16-26-17(2)24-25(22)28-18(3)27-24/h5-7,9-10,16,20-21H,4,8,11-15H2,1-3H3,(H,27,28). The third-order valence-electron chi connectivity index (χ3n) is 6.47. The van der Waals surface area contributed by atoms with E-state index in [4.69, 9.17) is 4.98 Å². The van der Waals surface area contributed by atoms with Crippen molar-refractivity contribution in [3.05, 3.63) is 59.2 Å². The quantitative estimate of drug-likeness (QED) is 0.610. The molecule has 1 N–H and O–H groups in total. The normalized spacial score (nSPS) is 16.2. The van der Waals surface area contributed by atoms with Gasteiger partial charge in [-0.05, 0) is 50.5 Å². The minimum atomic E-state index is 0.290. The molecule has 2 aromatic heterocycles. The van der Waals surface area contributed by atoms with Crippen LogP contribution in [0, 0.1) is 13.8 Å². The molecule has 4 rings (SSSR count). The molecule has 1 aliphatic heterocycles. The van der Waals surface area contributed by atoms with Gasteiger partial charge in [0.25, 0.3) is 0 Å². The molecule has 158 valence electrons. The largest absolute Gasteiger partial charge is 0.343 e. The number of likely N-dealkylation sites (tertiary alicyclic amines) is 1. The second-order valence-corrected chi connectivity index (χ2v) is 8.60. The zero-order valence-corrected chi connectivity index (χ0v) is 18.3. The van der Waals surface area contributed by atoms with Crippen LogP contribution in [0.5, 0.6) is 0 Å². The van der Waals surface area contributed by atoms with Crippen LogP contribution in [0.3, 0.4) is 0 Å². The molecular weight excluding hydrogens is 372 g/mol. The van der Waals surface area contributed by atoms with Gasteiger partial charge in [0.05, 0.1) is 16.7 Å². The highest BCUT2D eigenvalue weighted by Gasteiger charge is 2.27. The number of fused-ring (bicyclic) bond motifs is 1. The van der Waals surface area contributed by atoms with Crippen LogP contribution in [0.1, 0.15) is 73.5 Å². The first kappa shape index (κ1) is 20.6. The van der Waals surface area contributed by atoms with Crippen LogP contribution >= 0.6 is 0 Å². The van der Waals surface area contributed by atoms with E-state index in [9.17, 15) is 4.79 Å². The van der Waals surface area contributed by atoms with Crippen LogP contribution in [0.2, 0.25) is 0 Å². The molecule has 1 saturated heterocycles. The van der Waals surface area contributed by atoms with Gasteiger partial charge < -0.3 is 9.88 Å². The number of benzene rings is 1. The molecule has 1 aromatic carbocycles. The fourth-order valence-corrected chi connectivity index (χ4v) is 4.79. The number of pyridine rings is 1. The Morgan fingerprint density at radius 3 is 2.63 bits per heavy atom. The van der Waals surface area contributed by atoms with Crippen LogP contribution in [0.25, 0.3) is 11.0 Å². The van der Waals surface area contributed by atoms with E-state index in [1.54, 1.807) is 0 Å². The van der Waals surface area contributed by atoms with Gasteiger partial charge >= 0.3 is 0 Å². The average molecular weight is 405 g/mol. The summed E-state index contributed by atoms with van der Waals surface area (Å²) in [5.41, 5.74) is 5.60. The lowest BCUT2D eigenvalue weighted by molar-refractivity contribution is -0.132. The molecule has 0 saturated carbocycles. The molecule has 1 aliphatic rings. The van der Waals surface area contributed by atoms with E-state index in [1.165, 1.54) is 11.1 Å². The summed E-state index contributed by atoms with van der Waals surface area (Å²) in [6.07, 6.45) is 6.69. The van der Waals surface area contributed by atoms with E-state index in [0.717, 1.165) is 61.3 Å². The van der Waals surface area contributed by atoms with Crippen molar-refractivity contribution in [1.29, 1.82) is 0 Å². The lowest BCUT2D eigenvalue weighted by atomic mass is 9.88.